The highest BCUT2D eigenvalue weighted by atomic mass is 15.1. The summed E-state index contributed by atoms with van der Waals surface area (Å²) in [6.07, 6.45) is 3.92. The Hall–Kier alpha value is -1.60. The maximum atomic E-state index is 8.83. The lowest BCUT2D eigenvalue weighted by Crippen LogP contribution is -2.42. The van der Waals surface area contributed by atoms with E-state index in [0.717, 1.165) is 25.2 Å². The van der Waals surface area contributed by atoms with Gasteiger partial charge in [0.1, 0.15) is 5.82 Å². The molecule has 1 aliphatic rings. The third-order valence-electron chi connectivity index (χ3n) is 3.45. The zero-order valence-electron chi connectivity index (χ0n) is 10.3. The van der Waals surface area contributed by atoms with Gasteiger partial charge in [0.25, 0.3) is 0 Å². The highest BCUT2D eigenvalue weighted by molar-refractivity contribution is 5.43. The highest BCUT2D eigenvalue weighted by Crippen LogP contribution is 2.19. The van der Waals surface area contributed by atoms with Gasteiger partial charge in [-0.1, -0.05) is 0 Å². The van der Waals surface area contributed by atoms with E-state index in [9.17, 15) is 0 Å². The van der Waals surface area contributed by atoms with Crippen molar-refractivity contribution < 1.29 is 0 Å². The van der Waals surface area contributed by atoms with Crippen LogP contribution in [0.3, 0.4) is 0 Å². The first kappa shape index (κ1) is 11.9. The molecule has 4 heteroatoms. The van der Waals surface area contributed by atoms with E-state index >= 15 is 0 Å². The van der Waals surface area contributed by atoms with Gasteiger partial charge in [-0.05, 0) is 38.9 Å². The molecule has 0 aromatic carbocycles. The van der Waals surface area contributed by atoms with Crippen LogP contribution in [0.4, 0.5) is 5.82 Å². The van der Waals surface area contributed by atoms with Crippen molar-refractivity contribution in [3.63, 3.8) is 0 Å². The predicted octanol–water partition coefficient (Wildman–Crippen LogP) is 1.85. The molecule has 0 radical (unpaired) electrons. The Morgan fingerprint density at radius 2 is 2.41 bits per heavy atom. The van der Waals surface area contributed by atoms with Crippen LogP contribution in [-0.4, -0.2) is 35.6 Å². The molecule has 1 N–H and O–H groups in total. The van der Waals surface area contributed by atoms with Gasteiger partial charge in [-0.3, -0.25) is 0 Å². The average Bonchev–Trinajstić information content (AvgIpc) is 2.34. The Labute approximate surface area is 102 Å². The van der Waals surface area contributed by atoms with Crippen molar-refractivity contribution in [3.8, 4) is 6.07 Å². The van der Waals surface area contributed by atoms with Crippen LogP contribution in [0.2, 0.25) is 0 Å². The molecular formula is C13H18N4. The number of nitrogens with one attached hydrogen (secondary N) is 1. The van der Waals surface area contributed by atoms with Crippen LogP contribution in [0.25, 0.3) is 0 Å². The Morgan fingerprint density at radius 1 is 1.59 bits per heavy atom. The summed E-state index contributed by atoms with van der Waals surface area (Å²) in [5, 5.41) is 12.3. The molecule has 1 aromatic heterocycles. The second-order valence-electron chi connectivity index (χ2n) is 4.74. The van der Waals surface area contributed by atoms with Gasteiger partial charge >= 0.3 is 0 Å². The Balaban J connectivity index is 1.99. The zero-order chi connectivity index (χ0) is 12.3. The highest BCUT2D eigenvalue weighted by Gasteiger charge is 2.22. The molecule has 17 heavy (non-hydrogen) atoms. The van der Waals surface area contributed by atoms with E-state index in [1.54, 1.807) is 12.3 Å². The molecule has 2 atom stereocenters. The van der Waals surface area contributed by atoms with E-state index in [-0.39, 0.29) is 0 Å². The molecular weight excluding hydrogens is 212 g/mol. The summed E-state index contributed by atoms with van der Waals surface area (Å²) in [4.78, 5) is 6.62. The van der Waals surface area contributed by atoms with E-state index in [1.807, 2.05) is 6.07 Å². The van der Waals surface area contributed by atoms with E-state index < -0.39 is 0 Å². The number of hydrogen-bond acceptors (Lipinski definition) is 4. The molecule has 0 saturated carbocycles. The minimum absolute atomic E-state index is 0.461. The van der Waals surface area contributed by atoms with Crippen LogP contribution < -0.4 is 5.32 Å². The molecule has 2 rings (SSSR count). The lowest BCUT2D eigenvalue weighted by Gasteiger charge is -2.35. The van der Waals surface area contributed by atoms with Gasteiger partial charge in [0.15, 0.2) is 0 Å². The van der Waals surface area contributed by atoms with Gasteiger partial charge in [-0.15, -0.1) is 0 Å². The molecule has 2 unspecified atom stereocenters. The Bertz CT molecular complexity index is 424. The minimum atomic E-state index is 0.461. The van der Waals surface area contributed by atoms with Gasteiger partial charge in [0.05, 0.1) is 11.6 Å². The van der Waals surface area contributed by atoms with Crippen LogP contribution in [0.1, 0.15) is 25.3 Å². The number of aromatic nitrogens is 1. The normalized spacial score (nSPS) is 25.2. The predicted molar refractivity (Wildman–Crippen MR) is 67.7 cm³/mol. The first-order valence-corrected chi connectivity index (χ1v) is 6.02. The number of anilines is 1. The summed E-state index contributed by atoms with van der Waals surface area (Å²) < 4.78 is 0. The number of piperidine rings is 1. The molecule has 1 fully saturated rings. The topological polar surface area (TPSA) is 52.0 Å². The molecule has 2 heterocycles. The van der Waals surface area contributed by atoms with Gasteiger partial charge < -0.3 is 10.2 Å². The summed E-state index contributed by atoms with van der Waals surface area (Å²) in [5.41, 5.74) is 0.656. The van der Waals surface area contributed by atoms with E-state index in [1.165, 1.54) is 0 Å². The minimum Gasteiger partial charge on any atom is -0.367 e. The van der Waals surface area contributed by atoms with Gasteiger partial charge in [-0.2, -0.15) is 5.26 Å². The van der Waals surface area contributed by atoms with E-state index in [2.05, 4.69) is 35.2 Å². The van der Waals surface area contributed by atoms with Crippen molar-refractivity contribution in [2.75, 3.05) is 18.9 Å². The second-order valence-corrected chi connectivity index (χ2v) is 4.74. The summed E-state index contributed by atoms with van der Waals surface area (Å²) in [6.45, 7) is 3.35. The largest absolute Gasteiger partial charge is 0.367 e. The fourth-order valence-corrected chi connectivity index (χ4v) is 2.21. The Kier molecular flexibility index (Phi) is 3.60. The van der Waals surface area contributed by atoms with Crippen molar-refractivity contribution in [1.29, 1.82) is 5.26 Å². The molecule has 4 nitrogen and oxygen atoms in total. The molecule has 0 spiro atoms. The molecule has 1 aliphatic heterocycles. The summed E-state index contributed by atoms with van der Waals surface area (Å²) in [6, 6.07) is 6.72. The van der Waals surface area contributed by atoms with Crippen LogP contribution in [0.15, 0.2) is 18.3 Å². The van der Waals surface area contributed by atoms with Crippen LogP contribution in [0, 0.1) is 11.3 Å². The number of nitrogens with zero attached hydrogens (tertiary/aromatic N) is 3. The fraction of sp³-hybridized carbons (Fsp3) is 0.538. The van der Waals surface area contributed by atoms with Crippen molar-refractivity contribution in [3.05, 3.63) is 23.9 Å². The SMILES string of the molecule is CC1CC(Nc2cc(C#N)ccn2)CCN1C. The van der Waals surface area contributed by atoms with Crippen molar-refractivity contribution in [2.45, 2.75) is 31.8 Å². The third-order valence-corrected chi connectivity index (χ3v) is 3.45. The van der Waals surface area contributed by atoms with Gasteiger partial charge in [0.2, 0.25) is 0 Å². The lowest BCUT2D eigenvalue weighted by atomic mass is 9.99. The zero-order valence-corrected chi connectivity index (χ0v) is 10.3. The molecule has 90 valence electrons. The number of pyridine rings is 1. The number of hydrogen-bond donors (Lipinski definition) is 1. The number of likely N-dealkylation sites (tertiary alicyclic amines) is 1. The second kappa shape index (κ2) is 5.15. The molecule has 0 amide bonds. The van der Waals surface area contributed by atoms with E-state index in [0.29, 0.717) is 17.6 Å². The van der Waals surface area contributed by atoms with Crippen molar-refractivity contribution >= 4 is 5.82 Å². The maximum Gasteiger partial charge on any atom is 0.127 e. The average molecular weight is 230 g/mol. The van der Waals surface area contributed by atoms with Crippen LogP contribution in [-0.2, 0) is 0 Å². The van der Waals surface area contributed by atoms with Gasteiger partial charge in [-0.25, -0.2) is 4.98 Å². The number of rotatable bonds is 2. The lowest BCUT2D eigenvalue weighted by molar-refractivity contribution is 0.190. The smallest absolute Gasteiger partial charge is 0.127 e. The first-order chi connectivity index (χ1) is 8.19. The molecule has 1 aromatic rings. The first-order valence-electron chi connectivity index (χ1n) is 6.02. The molecule has 0 bridgehead atoms. The summed E-state index contributed by atoms with van der Waals surface area (Å²) in [5.74, 6) is 0.811. The maximum absolute atomic E-state index is 8.83. The monoisotopic (exact) mass is 230 g/mol. The van der Waals surface area contributed by atoms with E-state index in [4.69, 9.17) is 5.26 Å². The number of nitriles is 1. The van der Waals surface area contributed by atoms with Crippen LogP contribution in [0.5, 0.6) is 0 Å². The summed E-state index contributed by atoms with van der Waals surface area (Å²) >= 11 is 0. The van der Waals surface area contributed by atoms with Crippen LogP contribution >= 0.6 is 0 Å². The Morgan fingerprint density at radius 3 is 3.12 bits per heavy atom. The van der Waals surface area contributed by atoms with Crippen molar-refractivity contribution in [2.24, 2.45) is 0 Å². The molecule has 1 saturated heterocycles. The van der Waals surface area contributed by atoms with Gasteiger partial charge in [0, 0.05) is 24.8 Å². The summed E-state index contributed by atoms with van der Waals surface area (Å²) in [7, 11) is 2.16. The van der Waals surface area contributed by atoms with Crippen molar-refractivity contribution in [1.82, 2.24) is 9.88 Å². The standard InChI is InChI=1S/C13H18N4/c1-10-7-12(4-6-17(10)2)16-13-8-11(9-14)3-5-15-13/h3,5,8,10,12H,4,6-7H2,1-2H3,(H,15,16). The molecule has 0 aliphatic carbocycles. The quantitative estimate of drug-likeness (QED) is 0.842. The third kappa shape index (κ3) is 2.95. The fourth-order valence-electron chi connectivity index (χ4n) is 2.21.